The molecule has 0 unspecified atom stereocenters. The van der Waals surface area contributed by atoms with Crippen LogP contribution in [0.4, 0.5) is 11.5 Å². The minimum atomic E-state index is -0.777. The Balaban J connectivity index is 1.33. The summed E-state index contributed by atoms with van der Waals surface area (Å²) in [5.41, 5.74) is 0.922. The van der Waals surface area contributed by atoms with Gasteiger partial charge in [-0.3, -0.25) is 14.9 Å². The highest BCUT2D eigenvalue weighted by Crippen LogP contribution is 2.35. The van der Waals surface area contributed by atoms with Gasteiger partial charge in [-0.05, 0) is 43.3 Å². The number of aromatic nitrogens is 1. The molecule has 2 aromatic carbocycles. The quantitative estimate of drug-likeness (QED) is 0.277. The van der Waals surface area contributed by atoms with Crippen LogP contribution in [0.15, 0.2) is 76.7 Å². The van der Waals surface area contributed by atoms with E-state index in [2.05, 4.69) is 9.88 Å². The number of nitro benzene ring substituents is 1. The Bertz CT molecular complexity index is 1210. The number of pyridine rings is 1. The van der Waals surface area contributed by atoms with E-state index in [0.29, 0.717) is 31.1 Å². The van der Waals surface area contributed by atoms with Crippen molar-refractivity contribution in [3.63, 3.8) is 0 Å². The smallest absolute Gasteiger partial charge is 0.338 e. The molecule has 1 aromatic heterocycles. The number of esters is 1. The molecule has 1 amide bonds. The zero-order valence-corrected chi connectivity index (χ0v) is 19.9. The van der Waals surface area contributed by atoms with Gasteiger partial charge >= 0.3 is 5.97 Å². The Labute approximate surface area is 206 Å². The van der Waals surface area contributed by atoms with Crippen LogP contribution >= 0.6 is 11.8 Å². The first-order chi connectivity index (χ1) is 16.9. The van der Waals surface area contributed by atoms with Crippen LogP contribution in [0.3, 0.4) is 0 Å². The van der Waals surface area contributed by atoms with Gasteiger partial charge in [0.25, 0.3) is 11.6 Å². The number of ether oxygens (including phenoxy) is 1. The molecule has 1 fully saturated rings. The molecule has 0 saturated carbocycles. The van der Waals surface area contributed by atoms with Crippen LogP contribution in [0, 0.1) is 17.0 Å². The largest absolute Gasteiger partial charge is 0.452 e. The Hall–Kier alpha value is -3.92. The lowest BCUT2D eigenvalue weighted by molar-refractivity contribution is -0.387. The molecule has 4 rings (SSSR count). The van der Waals surface area contributed by atoms with Crippen LogP contribution < -0.4 is 4.90 Å². The third kappa shape index (κ3) is 6.15. The molecule has 0 atom stereocenters. The summed E-state index contributed by atoms with van der Waals surface area (Å²) >= 11 is 1.24. The van der Waals surface area contributed by atoms with E-state index in [0.717, 1.165) is 16.3 Å². The first-order valence-corrected chi connectivity index (χ1v) is 11.9. The molecule has 0 N–H and O–H groups in total. The lowest BCUT2D eigenvalue weighted by atomic mass is 10.2. The number of nitrogens with zero attached hydrogens (tertiary/aromatic N) is 4. The molecule has 1 saturated heterocycles. The second-order valence-corrected chi connectivity index (χ2v) is 9.10. The molecule has 0 bridgehead atoms. The van der Waals surface area contributed by atoms with Gasteiger partial charge in [-0.2, -0.15) is 0 Å². The Kier molecular flexibility index (Phi) is 7.61. The molecule has 2 heterocycles. The predicted octanol–water partition coefficient (Wildman–Crippen LogP) is 3.96. The fraction of sp³-hybridized carbons (Fsp3) is 0.240. The third-order valence-corrected chi connectivity index (χ3v) is 6.65. The highest BCUT2D eigenvalue weighted by atomic mass is 32.2. The maximum Gasteiger partial charge on any atom is 0.338 e. The molecule has 1 aliphatic heterocycles. The second-order valence-electron chi connectivity index (χ2n) is 7.99. The molecule has 10 heteroatoms. The van der Waals surface area contributed by atoms with Crippen molar-refractivity contribution in [2.75, 3.05) is 37.7 Å². The van der Waals surface area contributed by atoms with Crippen LogP contribution in [-0.4, -0.2) is 59.5 Å². The van der Waals surface area contributed by atoms with Crippen LogP contribution in [0.5, 0.6) is 0 Å². The number of rotatable bonds is 7. The SMILES string of the molecule is Cc1ccc(Sc2ccc(C(=O)OCC(=O)N3CCN(c4ccccn4)CC3)cc2[N+](=O)[O-])cc1. The lowest BCUT2D eigenvalue weighted by Crippen LogP contribution is -2.50. The molecular formula is C25H24N4O5S. The van der Waals surface area contributed by atoms with E-state index in [1.54, 1.807) is 11.1 Å². The first kappa shape index (κ1) is 24.2. The zero-order valence-electron chi connectivity index (χ0n) is 19.1. The number of hydrogen-bond donors (Lipinski definition) is 0. The topological polar surface area (TPSA) is 106 Å². The highest BCUT2D eigenvalue weighted by molar-refractivity contribution is 7.99. The zero-order chi connectivity index (χ0) is 24.8. The van der Waals surface area contributed by atoms with E-state index >= 15 is 0 Å². The fourth-order valence-electron chi connectivity index (χ4n) is 3.63. The summed E-state index contributed by atoms with van der Waals surface area (Å²) in [6.07, 6.45) is 1.73. The van der Waals surface area contributed by atoms with Crippen LogP contribution in [0.1, 0.15) is 15.9 Å². The van der Waals surface area contributed by atoms with Gasteiger partial charge in [-0.15, -0.1) is 0 Å². The number of aryl methyl sites for hydroxylation is 1. The first-order valence-electron chi connectivity index (χ1n) is 11.0. The molecule has 0 radical (unpaired) electrons. The van der Waals surface area contributed by atoms with E-state index < -0.39 is 17.5 Å². The Morgan fingerprint density at radius 2 is 1.80 bits per heavy atom. The van der Waals surface area contributed by atoms with Crippen LogP contribution in [0.2, 0.25) is 0 Å². The predicted molar refractivity (Wildman–Crippen MR) is 132 cm³/mol. The van der Waals surface area contributed by atoms with Gasteiger partial charge in [-0.25, -0.2) is 9.78 Å². The van der Waals surface area contributed by atoms with Gasteiger partial charge in [0, 0.05) is 43.3 Å². The number of amides is 1. The lowest BCUT2D eigenvalue weighted by Gasteiger charge is -2.35. The Morgan fingerprint density at radius 3 is 2.46 bits per heavy atom. The van der Waals surface area contributed by atoms with Crippen LogP contribution in [0.25, 0.3) is 0 Å². The van der Waals surface area contributed by atoms with E-state index in [-0.39, 0.29) is 17.2 Å². The fourth-order valence-corrected chi connectivity index (χ4v) is 4.53. The maximum atomic E-state index is 12.5. The number of benzene rings is 2. The summed E-state index contributed by atoms with van der Waals surface area (Å²) in [6, 6.07) is 17.5. The van der Waals surface area contributed by atoms with Crippen molar-refractivity contribution in [3.8, 4) is 0 Å². The molecule has 0 spiro atoms. The second kappa shape index (κ2) is 11.0. The standard InChI is InChI=1S/C25H24N4O5S/c1-18-5-8-20(9-6-18)35-22-10-7-19(16-21(22)29(32)33)25(31)34-17-24(30)28-14-12-27(13-15-28)23-4-2-3-11-26-23/h2-11,16H,12-15,17H2,1H3. The maximum absolute atomic E-state index is 12.5. The van der Waals surface area contributed by atoms with Crippen molar-refractivity contribution in [1.29, 1.82) is 0 Å². The van der Waals surface area contributed by atoms with Gasteiger partial charge in [0.1, 0.15) is 5.82 Å². The summed E-state index contributed by atoms with van der Waals surface area (Å²) in [4.78, 5) is 45.4. The number of nitro groups is 1. The normalized spacial score (nSPS) is 13.4. The average Bonchev–Trinajstić information content (AvgIpc) is 2.89. The molecule has 3 aromatic rings. The third-order valence-electron chi connectivity index (χ3n) is 5.57. The highest BCUT2D eigenvalue weighted by Gasteiger charge is 2.24. The molecule has 0 aliphatic carbocycles. The molecule has 35 heavy (non-hydrogen) atoms. The summed E-state index contributed by atoms with van der Waals surface area (Å²) in [5, 5.41) is 11.6. The van der Waals surface area contributed by atoms with Crippen molar-refractivity contribution >= 4 is 35.1 Å². The van der Waals surface area contributed by atoms with Crippen molar-refractivity contribution in [1.82, 2.24) is 9.88 Å². The summed E-state index contributed by atoms with van der Waals surface area (Å²) in [7, 11) is 0. The number of anilines is 1. The van der Waals surface area contributed by atoms with Crippen molar-refractivity contribution in [2.24, 2.45) is 0 Å². The van der Waals surface area contributed by atoms with E-state index in [4.69, 9.17) is 4.74 Å². The van der Waals surface area contributed by atoms with Crippen molar-refractivity contribution in [2.45, 2.75) is 16.7 Å². The molecule has 180 valence electrons. The minimum Gasteiger partial charge on any atom is -0.452 e. The van der Waals surface area contributed by atoms with Gasteiger partial charge in [0.15, 0.2) is 6.61 Å². The monoisotopic (exact) mass is 492 g/mol. The van der Waals surface area contributed by atoms with Gasteiger partial charge in [-0.1, -0.05) is 35.5 Å². The van der Waals surface area contributed by atoms with E-state index in [9.17, 15) is 19.7 Å². The Morgan fingerprint density at radius 1 is 1.06 bits per heavy atom. The number of hydrogen-bond acceptors (Lipinski definition) is 8. The number of carbonyl (C=O) groups excluding carboxylic acids is 2. The summed E-state index contributed by atoms with van der Waals surface area (Å²) in [6.45, 7) is 3.78. The minimum absolute atomic E-state index is 0.0257. The van der Waals surface area contributed by atoms with Gasteiger partial charge in [0.05, 0.1) is 15.4 Å². The van der Waals surface area contributed by atoms with E-state index in [1.165, 1.54) is 30.0 Å². The van der Waals surface area contributed by atoms with Crippen molar-refractivity contribution in [3.05, 3.63) is 88.1 Å². The van der Waals surface area contributed by atoms with Crippen molar-refractivity contribution < 1.29 is 19.2 Å². The molecule has 1 aliphatic rings. The van der Waals surface area contributed by atoms with Gasteiger partial charge in [0.2, 0.25) is 0 Å². The van der Waals surface area contributed by atoms with E-state index in [1.807, 2.05) is 49.4 Å². The average molecular weight is 493 g/mol. The molecular weight excluding hydrogens is 468 g/mol. The van der Waals surface area contributed by atoms with Crippen LogP contribution in [-0.2, 0) is 9.53 Å². The number of piperazine rings is 1. The summed E-state index contributed by atoms with van der Waals surface area (Å²) in [5.74, 6) is -0.225. The van der Waals surface area contributed by atoms with Gasteiger partial charge < -0.3 is 14.5 Å². The number of carbonyl (C=O) groups is 2. The molecule has 9 nitrogen and oxygen atoms in total. The summed E-state index contributed by atoms with van der Waals surface area (Å²) < 4.78 is 5.18.